The Morgan fingerprint density at radius 3 is 2.33 bits per heavy atom. The number of hydrogen-bond donors (Lipinski definition) is 1. The van der Waals surface area contributed by atoms with Crippen LogP contribution in [0.2, 0.25) is 0 Å². The largest absolute Gasteiger partial charge is 0.396 e. The van der Waals surface area contributed by atoms with Crippen molar-refractivity contribution in [1.29, 1.82) is 0 Å². The van der Waals surface area contributed by atoms with Gasteiger partial charge >= 0.3 is 0 Å². The van der Waals surface area contributed by atoms with E-state index in [4.69, 9.17) is 5.11 Å². The van der Waals surface area contributed by atoms with Crippen LogP contribution in [0.25, 0.3) is 0 Å². The third-order valence-electron chi connectivity index (χ3n) is 3.59. The topological polar surface area (TPSA) is 57.6 Å². The molecule has 0 amide bonds. The average Bonchev–Trinajstić information content (AvgIpc) is 2.38. The van der Waals surface area contributed by atoms with Crippen molar-refractivity contribution in [3.05, 3.63) is 29.3 Å². The van der Waals surface area contributed by atoms with Crippen LogP contribution in [0, 0.1) is 6.92 Å². The monoisotopic (exact) mass is 313 g/mol. The minimum atomic E-state index is -3.51. The molecule has 0 fully saturated rings. The van der Waals surface area contributed by atoms with E-state index in [1.54, 1.807) is 6.07 Å². The van der Waals surface area contributed by atoms with E-state index in [1.165, 1.54) is 4.31 Å². The molecule has 4 nitrogen and oxygen atoms in total. The molecule has 0 atom stereocenters. The van der Waals surface area contributed by atoms with Crippen molar-refractivity contribution in [2.45, 2.75) is 51.3 Å². The summed E-state index contributed by atoms with van der Waals surface area (Å²) in [7, 11) is -3.51. The fraction of sp³-hybridized carbons (Fsp3) is 0.625. The highest BCUT2D eigenvalue weighted by atomic mass is 32.2. The molecule has 1 rings (SSSR count). The molecule has 1 N–H and O–H groups in total. The number of aliphatic hydroxyl groups is 1. The van der Waals surface area contributed by atoms with Crippen molar-refractivity contribution < 1.29 is 13.5 Å². The van der Waals surface area contributed by atoms with Crippen LogP contribution in [0.15, 0.2) is 23.1 Å². The first-order valence-corrected chi connectivity index (χ1v) is 8.80. The molecule has 0 heterocycles. The van der Waals surface area contributed by atoms with E-state index >= 15 is 0 Å². The van der Waals surface area contributed by atoms with E-state index in [9.17, 15) is 8.42 Å². The zero-order valence-electron chi connectivity index (χ0n) is 13.7. The van der Waals surface area contributed by atoms with Crippen LogP contribution in [0.3, 0.4) is 0 Å². The Morgan fingerprint density at radius 2 is 1.86 bits per heavy atom. The number of aliphatic hydroxyl groups excluding tert-OH is 1. The van der Waals surface area contributed by atoms with Gasteiger partial charge in [-0.2, -0.15) is 4.31 Å². The first-order chi connectivity index (χ1) is 9.64. The lowest BCUT2D eigenvalue weighted by atomic mass is 9.87. The van der Waals surface area contributed by atoms with Gasteiger partial charge in [0, 0.05) is 19.7 Å². The van der Waals surface area contributed by atoms with Crippen LogP contribution in [0.1, 0.15) is 45.2 Å². The van der Waals surface area contributed by atoms with Gasteiger partial charge in [-0.1, -0.05) is 39.8 Å². The zero-order chi connectivity index (χ0) is 16.3. The first kappa shape index (κ1) is 18.1. The number of sulfonamides is 1. The molecule has 5 heteroatoms. The Morgan fingerprint density at radius 1 is 1.24 bits per heavy atom. The van der Waals surface area contributed by atoms with Crippen molar-refractivity contribution in [3.63, 3.8) is 0 Å². The predicted molar refractivity (Wildman–Crippen MR) is 86.0 cm³/mol. The van der Waals surface area contributed by atoms with Gasteiger partial charge in [-0.25, -0.2) is 8.42 Å². The molecule has 0 aliphatic heterocycles. The van der Waals surface area contributed by atoms with Gasteiger partial charge in [-0.3, -0.25) is 0 Å². The number of hydrogen-bond acceptors (Lipinski definition) is 3. The summed E-state index contributed by atoms with van der Waals surface area (Å²) in [5, 5.41) is 8.93. The lowest BCUT2D eigenvalue weighted by molar-refractivity contribution is 0.271. The van der Waals surface area contributed by atoms with Crippen LogP contribution in [-0.2, 0) is 15.4 Å². The Kier molecular flexibility index (Phi) is 5.96. The summed E-state index contributed by atoms with van der Waals surface area (Å²) in [6.07, 6.45) is 0.449. The maximum absolute atomic E-state index is 12.8. The predicted octanol–water partition coefficient (Wildman–Crippen LogP) is 2.69. The van der Waals surface area contributed by atoms with Gasteiger partial charge in [0.05, 0.1) is 4.90 Å². The molecule has 0 aliphatic rings. The molecule has 1 aromatic carbocycles. The summed E-state index contributed by atoms with van der Waals surface area (Å²) in [5.41, 5.74) is 1.66. The normalized spacial score (nSPS) is 12.9. The number of nitrogens with zero attached hydrogens (tertiary/aromatic N) is 1. The molecule has 0 unspecified atom stereocenters. The lowest BCUT2D eigenvalue weighted by Gasteiger charge is -2.24. The summed E-state index contributed by atoms with van der Waals surface area (Å²) >= 11 is 0. The van der Waals surface area contributed by atoms with Gasteiger partial charge < -0.3 is 5.11 Å². The molecule has 0 bridgehead atoms. The third-order valence-corrected chi connectivity index (χ3v) is 5.71. The van der Waals surface area contributed by atoms with E-state index in [-0.39, 0.29) is 12.0 Å². The maximum Gasteiger partial charge on any atom is 0.243 e. The second kappa shape index (κ2) is 6.90. The number of benzene rings is 1. The van der Waals surface area contributed by atoms with Gasteiger partial charge in [0.1, 0.15) is 0 Å². The molecular formula is C16H27NO3S. The van der Waals surface area contributed by atoms with E-state index in [0.29, 0.717) is 24.4 Å². The van der Waals surface area contributed by atoms with Crippen LogP contribution >= 0.6 is 0 Å². The zero-order valence-corrected chi connectivity index (χ0v) is 14.5. The Balaban J connectivity index is 3.29. The van der Waals surface area contributed by atoms with E-state index in [0.717, 1.165) is 11.1 Å². The highest BCUT2D eigenvalue weighted by Gasteiger charge is 2.26. The average molecular weight is 313 g/mol. The molecule has 0 radical (unpaired) electrons. The fourth-order valence-corrected chi connectivity index (χ4v) is 3.92. The highest BCUT2D eigenvalue weighted by molar-refractivity contribution is 7.89. The van der Waals surface area contributed by atoms with Crippen LogP contribution in [0.4, 0.5) is 0 Å². The molecule has 1 aromatic rings. The summed E-state index contributed by atoms with van der Waals surface area (Å²) in [6, 6.07) is 5.64. The maximum atomic E-state index is 12.8. The second-order valence-electron chi connectivity index (χ2n) is 6.30. The van der Waals surface area contributed by atoms with E-state index in [2.05, 4.69) is 20.8 Å². The molecule has 0 aliphatic carbocycles. The Bertz CT molecular complexity index is 574. The standard InChI is InChI=1S/C16H27NO3S/c1-6-17(10-7-11-18)21(19,20)15-12-14(16(3,4)5)9-8-13(15)2/h8-9,12,18H,6-7,10-11H2,1-5H3. The Hall–Kier alpha value is -0.910. The molecule has 0 saturated heterocycles. The summed E-state index contributed by atoms with van der Waals surface area (Å²) in [4.78, 5) is 0.370. The summed E-state index contributed by atoms with van der Waals surface area (Å²) < 4.78 is 27.1. The van der Waals surface area contributed by atoms with Gasteiger partial charge in [-0.05, 0) is 36.0 Å². The van der Waals surface area contributed by atoms with Crippen molar-refractivity contribution in [3.8, 4) is 0 Å². The van der Waals surface area contributed by atoms with Crippen molar-refractivity contribution in [2.24, 2.45) is 0 Å². The van der Waals surface area contributed by atoms with E-state index < -0.39 is 10.0 Å². The quantitative estimate of drug-likeness (QED) is 0.878. The fourth-order valence-electron chi connectivity index (χ4n) is 2.18. The minimum absolute atomic E-state index is 0.00691. The van der Waals surface area contributed by atoms with Gasteiger partial charge in [-0.15, -0.1) is 0 Å². The van der Waals surface area contributed by atoms with Crippen molar-refractivity contribution in [1.82, 2.24) is 4.31 Å². The molecule has 0 aromatic heterocycles. The van der Waals surface area contributed by atoms with Gasteiger partial charge in [0.2, 0.25) is 10.0 Å². The summed E-state index contributed by atoms with van der Waals surface area (Å²) in [5.74, 6) is 0. The highest BCUT2D eigenvalue weighted by Crippen LogP contribution is 2.28. The lowest BCUT2D eigenvalue weighted by Crippen LogP contribution is -2.33. The van der Waals surface area contributed by atoms with Crippen LogP contribution in [-0.4, -0.2) is 37.5 Å². The molecule has 21 heavy (non-hydrogen) atoms. The molecule has 120 valence electrons. The Labute approximate surface area is 128 Å². The first-order valence-electron chi connectivity index (χ1n) is 7.36. The molecule has 0 saturated carbocycles. The molecular weight excluding hydrogens is 286 g/mol. The molecule has 0 spiro atoms. The van der Waals surface area contributed by atoms with Crippen LogP contribution in [0.5, 0.6) is 0 Å². The van der Waals surface area contributed by atoms with Crippen LogP contribution < -0.4 is 0 Å². The number of aryl methyl sites for hydroxylation is 1. The van der Waals surface area contributed by atoms with Crippen molar-refractivity contribution in [2.75, 3.05) is 19.7 Å². The number of rotatable bonds is 6. The van der Waals surface area contributed by atoms with Gasteiger partial charge in [0.25, 0.3) is 0 Å². The summed E-state index contributed by atoms with van der Waals surface area (Å²) in [6.45, 7) is 10.6. The van der Waals surface area contributed by atoms with Gasteiger partial charge in [0.15, 0.2) is 0 Å². The SMILES string of the molecule is CCN(CCCO)S(=O)(=O)c1cc(C(C)(C)C)ccc1C. The van der Waals surface area contributed by atoms with Crippen molar-refractivity contribution >= 4 is 10.0 Å². The van der Waals surface area contributed by atoms with E-state index in [1.807, 2.05) is 26.0 Å². The third kappa shape index (κ3) is 4.28. The second-order valence-corrected chi connectivity index (χ2v) is 8.21. The minimum Gasteiger partial charge on any atom is -0.396 e. The smallest absolute Gasteiger partial charge is 0.243 e.